The summed E-state index contributed by atoms with van der Waals surface area (Å²) < 4.78 is 49.6. The normalized spacial score (nSPS) is 11.7. The maximum atomic E-state index is 13.4. The first kappa shape index (κ1) is 13.4. The van der Waals surface area contributed by atoms with Crippen molar-refractivity contribution in [2.45, 2.75) is 13.1 Å². The van der Waals surface area contributed by atoms with Crippen LogP contribution in [0, 0.1) is 12.7 Å². The highest BCUT2D eigenvalue weighted by Crippen LogP contribution is 2.33. The van der Waals surface area contributed by atoms with Gasteiger partial charge in [-0.05, 0) is 34.5 Å². The largest absolute Gasteiger partial charge is 0.455 e. The van der Waals surface area contributed by atoms with Gasteiger partial charge in [0.05, 0.1) is 15.1 Å². The number of alkyl halides is 3. The van der Waals surface area contributed by atoms with E-state index < -0.39 is 28.4 Å². The molecule has 88 valence electrons. The molecule has 0 N–H and O–H groups in total. The van der Waals surface area contributed by atoms with Crippen LogP contribution >= 0.6 is 27.5 Å². The van der Waals surface area contributed by atoms with E-state index in [1.807, 2.05) is 0 Å². The maximum absolute atomic E-state index is 13.4. The lowest BCUT2D eigenvalue weighted by molar-refractivity contribution is -0.0887. The molecule has 0 saturated carbocycles. The van der Waals surface area contributed by atoms with E-state index in [9.17, 15) is 22.4 Å². The zero-order chi connectivity index (χ0) is 12.7. The van der Waals surface area contributed by atoms with Gasteiger partial charge in [-0.2, -0.15) is 13.2 Å². The number of carbonyl (C=O) groups is 1. The topological polar surface area (TPSA) is 17.1 Å². The summed E-state index contributed by atoms with van der Waals surface area (Å²) in [5, 5.41) is -0.525. The molecule has 1 aromatic rings. The van der Waals surface area contributed by atoms with Gasteiger partial charge in [-0.1, -0.05) is 11.6 Å². The van der Waals surface area contributed by atoms with Crippen LogP contribution in [0.2, 0.25) is 5.02 Å². The average Bonchev–Trinajstić information content (AvgIpc) is 2.13. The maximum Gasteiger partial charge on any atom is 0.455 e. The van der Waals surface area contributed by atoms with Gasteiger partial charge in [0, 0.05) is 0 Å². The fourth-order valence-electron chi connectivity index (χ4n) is 1.07. The van der Waals surface area contributed by atoms with E-state index >= 15 is 0 Å². The number of Topliss-reactive ketones (excluding diaryl/α,β-unsaturated/α-hetero) is 1. The Morgan fingerprint density at radius 2 is 1.94 bits per heavy atom. The summed E-state index contributed by atoms with van der Waals surface area (Å²) in [5.41, 5.74) is -0.969. The molecule has 0 aliphatic carbocycles. The number of halogens is 6. The van der Waals surface area contributed by atoms with Crippen molar-refractivity contribution in [2.24, 2.45) is 0 Å². The molecule has 0 radical (unpaired) electrons. The molecule has 0 aliphatic rings. The molecule has 0 amide bonds. The van der Waals surface area contributed by atoms with Crippen LogP contribution in [0.5, 0.6) is 0 Å². The van der Waals surface area contributed by atoms with E-state index in [2.05, 4.69) is 15.9 Å². The Labute approximate surface area is 102 Å². The van der Waals surface area contributed by atoms with Crippen LogP contribution < -0.4 is 0 Å². The van der Waals surface area contributed by atoms with E-state index in [1.54, 1.807) is 0 Å². The van der Waals surface area contributed by atoms with Gasteiger partial charge in [0.25, 0.3) is 5.78 Å². The van der Waals surface area contributed by atoms with Crippen molar-refractivity contribution in [3.8, 4) is 0 Å². The zero-order valence-corrected chi connectivity index (χ0v) is 10.1. The fraction of sp³-hybridized carbons (Fsp3) is 0.222. The Hall–Kier alpha value is -0.620. The van der Waals surface area contributed by atoms with E-state index in [4.69, 9.17) is 11.6 Å². The van der Waals surface area contributed by atoms with Crippen molar-refractivity contribution in [3.05, 3.63) is 32.5 Å². The second-order valence-electron chi connectivity index (χ2n) is 3.01. The first-order chi connectivity index (χ1) is 7.16. The number of benzene rings is 1. The minimum atomic E-state index is -5.16. The number of ketones is 1. The first-order valence-corrected chi connectivity index (χ1v) is 5.09. The van der Waals surface area contributed by atoms with Crippen LogP contribution in [0.3, 0.4) is 0 Å². The van der Waals surface area contributed by atoms with Gasteiger partial charge in [-0.25, -0.2) is 4.39 Å². The minimum Gasteiger partial charge on any atom is -0.284 e. The zero-order valence-electron chi connectivity index (χ0n) is 7.75. The molecule has 0 fully saturated rings. The molecule has 0 bridgehead atoms. The smallest absolute Gasteiger partial charge is 0.284 e. The van der Waals surface area contributed by atoms with Crippen LogP contribution in [-0.2, 0) is 0 Å². The van der Waals surface area contributed by atoms with Gasteiger partial charge < -0.3 is 0 Å². The summed E-state index contributed by atoms with van der Waals surface area (Å²) in [6.45, 7) is 1.37. The van der Waals surface area contributed by atoms with Crippen LogP contribution in [0.25, 0.3) is 0 Å². The Morgan fingerprint density at radius 1 is 1.44 bits per heavy atom. The van der Waals surface area contributed by atoms with E-state index in [-0.39, 0.29) is 10.0 Å². The van der Waals surface area contributed by atoms with Crippen molar-refractivity contribution in [1.29, 1.82) is 0 Å². The first-order valence-electron chi connectivity index (χ1n) is 3.92. The van der Waals surface area contributed by atoms with Crippen LogP contribution in [0.4, 0.5) is 17.6 Å². The lowest BCUT2D eigenvalue weighted by atomic mass is 10.1. The number of hydrogen-bond donors (Lipinski definition) is 0. The summed E-state index contributed by atoms with van der Waals surface area (Å²) in [7, 11) is 0. The Bertz CT molecular complexity index is 430. The molecule has 1 aromatic carbocycles. The highest BCUT2D eigenvalue weighted by atomic mass is 79.9. The van der Waals surface area contributed by atoms with Crippen molar-refractivity contribution in [1.82, 2.24) is 0 Å². The Morgan fingerprint density at radius 3 is 2.38 bits per heavy atom. The molecule has 0 unspecified atom stereocenters. The van der Waals surface area contributed by atoms with Crippen molar-refractivity contribution >= 4 is 33.3 Å². The predicted molar refractivity (Wildman–Crippen MR) is 54.2 cm³/mol. The number of rotatable bonds is 1. The number of aryl methyl sites for hydroxylation is 1. The van der Waals surface area contributed by atoms with Crippen LogP contribution in [0.15, 0.2) is 10.5 Å². The monoisotopic (exact) mass is 318 g/mol. The average molecular weight is 319 g/mol. The molecular formula is C9H4BrClF4O. The van der Waals surface area contributed by atoms with Crippen molar-refractivity contribution in [2.75, 3.05) is 0 Å². The van der Waals surface area contributed by atoms with Gasteiger partial charge in [0.15, 0.2) is 0 Å². The molecule has 0 aliphatic heterocycles. The number of carbonyl (C=O) groups excluding carboxylic acids is 1. The molecule has 0 heterocycles. The third-order valence-corrected chi connectivity index (χ3v) is 2.89. The summed E-state index contributed by atoms with van der Waals surface area (Å²) in [5.74, 6) is -3.60. The van der Waals surface area contributed by atoms with Gasteiger partial charge >= 0.3 is 6.18 Å². The molecule has 0 aromatic heterocycles. The molecule has 16 heavy (non-hydrogen) atoms. The third-order valence-electron chi connectivity index (χ3n) is 1.82. The fourth-order valence-corrected chi connectivity index (χ4v) is 1.84. The third kappa shape index (κ3) is 2.38. The summed E-state index contributed by atoms with van der Waals surface area (Å²) >= 11 is 8.20. The van der Waals surface area contributed by atoms with Gasteiger partial charge in [0.1, 0.15) is 5.82 Å². The van der Waals surface area contributed by atoms with Crippen molar-refractivity contribution < 1.29 is 22.4 Å². The van der Waals surface area contributed by atoms with E-state index in [0.717, 1.165) is 0 Å². The van der Waals surface area contributed by atoms with E-state index in [1.165, 1.54) is 13.0 Å². The van der Waals surface area contributed by atoms with Gasteiger partial charge in [0.2, 0.25) is 0 Å². The van der Waals surface area contributed by atoms with Crippen molar-refractivity contribution in [3.63, 3.8) is 0 Å². The highest BCUT2D eigenvalue weighted by Gasteiger charge is 2.42. The molecule has 0 saturated heterocycles. The standard InChI is InChI=1S/C9H4BrClF4O/c1-3-2-4(10)7(12)5(6(3)11)8(16)9(13,14)15/h2H,1H3. The van der Waals surface area contributed by atoms with E-state index in [0.29, 0.717) is 0 Å². The molecule has 1 rings (SSSR count). The lowest BCUT2D eigenvalue weighted by Crippen LogP contribution is -2.24. The SMILES string of the molecule is Cc1cc(Br)c(F)c(C(=O)C(F)(F)F)c1Cl. The minimum absolute atomic E-state index is 0.183. The molecule has 0 spiro atoms. The molecule has 7 heteroatoms. The Kier molecular flexibility index (Phi) is 3.64. The van der Waals surface area contributed by atoms with Crippen LogP contribution in [-0.4, -0.2) is 12.0 Å². The summed E-state index contributed by atoms with van der Waals surface area (Å²) in [6.07, 6.45) is -5.16. The Balaban J connectivity index is 3.50. The number of hydrogen-bond acceptors (Lipinski definition) is 1. The predicted octanol–water partition coefficient (Wildman–Crippen LogP) is 4.30. The quantitative estimate of drug-likeness (QED) is 0.428. The second-order valence-corrected chi connectivity index (χ2v) is 4.24. The molecular weight excluding hydrogens is 315 g/mol. The second kappa shape index (κ2) is 4.33. The highest BCUT2D eigenvalue weighted by molar-refractivity contribution is 9.10. The van der Waals surface area contributed by atoms with Gasteiger partial charge in [-0.3, -0.25) is 4.79 Å². The lowest BCUT2D eigenvalue weighted by Gasteiger charge is -2.11. The molecule has 0 atom stereocenters. The molecule has 1 nitrogen and oxygen atoms in total. The summed E-state index contributed by atoms with van der Waals surface area (Å²) in [4.78, 5) is 10.9. The van der Waals surface area contributed by atoms with Crippen LogP contribution in [0.1, 0.15) is 15.9 Å². The van der Waals surface area contributed by atoms with Gasteiger partial charge in [-0.15, -0.1) is 0 Å². The summed E-state index contributed by atoms with van der Waals surface area (Å²) in [6, 6.07) is 1.20.